The summed E-state index contributed by atoms with van der Waals surface area (Å²) in [5.74, 6) is 0.545. The molecule has 3 N–H and O–H groups in total. The number of nitrogens with two attached hydrogens (primary N) is 1. The Labute approximate surface area is 126 Å². The molecule has 2 unspecified atom stereocenters. The molecule has 1 heterocycles. The predicted molar refractivity (Wildman–Crippen MR) is 86.5 cm³/mol. The van der Waals surface area contributed by atoms with Crippen molar-refractivity contribution in [3.05, 3.63) is 0 Å². The molecule has 1 rings (SSSR count). The normalized spacial score (nSPS) is 22.0. The van der Waals surface area contributed by atoms with E-state index in [2.05, 4.69) is 23.5 Å². The molecule has 2 atom stereocenters. The SMILES string of the molecule is CSC(C)CCNC(N)=NCC1CCCO1.I. The molecule has 0 saturated carbocycles. The van der Waals surface area contributed by atoms with Crippen molar-refractivity contribution in [2.24, 2.45) is 10.7 Å². The van der Waals surface area contributed by atoms with Crippen LogP contribution in [0, 0.1) is 0 Å². The number of hydrogen-bond acceptors (Lipinski definition) is 3. The van der Waals surface area contributed by atoms with E-state index in [-0.39, 0.29) is 30.1 Å². The van der Waals surface area contributed by atoms with E-state index in [1.165, 1.54) is 0 Å². The van der Waals surface area contributed by atoms with Crippen LogP contribution in [0.15, 0.2) is 4.99 Å². The number of guanidine groups is 1. The zero-order valence-corrected chi connectivity index (χ0v) is 13.8. The highest BCUT2D eigenvalue weighted by Gasteiger charge is 2.14. The largest absolute Gasteiger partial charge is 0.376 e. The Bertz CT molecular complexity index is 223. The number of halogens is 1. The van der Waals surface area contributed by atoms with Crippen LogP contribution in [-0.4, -0.2) is 43.3 Å². The van der Waals surface area contributed by atoms with Gasteiger partial charge in [0.15, 0.2) is 5.96 Å². The molecule has 0 spiro atoms. The van der Waals surface area contributed by atoms with E-state index in [9.17, 15) is 0 Å². The third kappa shape index (κ3) is 8.10. The number of nitrogens with zero attached hydrogens (tertiary/aromatic N) is 1. The van der Waals surface area contributed by atoms with Gasteiger partial charge in [0.05, 0.1) is 12.6 Å². The third-order valence-electron chi connectivity index (χ3n) is 2.75. The quantitative estimate of drug-likeness (QED) is 0.424. The van der Waals surface area contributed by atoms with Crippen molar-refractivity contribution >= 4 is 41.7 Å². The molecule has 4 nitrogen and oxygen atoms in total. The van der Waals surface area contributed by atoms with Gasteiger partial charge >= 0.3 is 0 Å². The van der Waals surface area contributed by atoms with Crippen LogP contribution in [0.5, 0.6) is 0 Å². The lowest BCUT2D eigenvalue weighted by Crippen LogP contribution is -2.34. The molecule has 0 bridgehead atoms. The van der Waals surface area contributed by atoms with Crippen molar-refractivity contribution in [2.75, 3.05) is 26.0 Å². The van der Waals surface area contributed by atoms with E-state index in [4.69, 9.17) is 10.5 Å². The summed E-state index contributed by atoms with van der Waals surface area (Å²) in [4.78, 5) is 4.28. The number of thioether (sulfide) groups is 1. The summed E-state index contributed by atoms with van der Waals surface area (Å²) in [7, 11) is 0. The molecule has 1 saturated heterocycles. The first-order valence-corrected chi connectivity index (χ1v) is 7.19. The summed E-state index contributed by atoms with van der Waals surface area (Å²) in [6, 6.07) is 0. The Balaban J connectivity index is 0.00000256. The van der Waals surface area contributed by atoms with Crippen LogP contribution in [0.4, 0.5) is 0 Å². The first-order chi connectivity index (χ1) is 7.72. The molecule has 6 heteroatoms. The fraction of sp³-hybridized carbons (Fsp3) is 0.909. The van der Waals surface area contributed by atoms with Crippen LogP contribution < -0.4 is 11.1 Å². The maximum absolute atomic E-state index is 5.76. The molecule has 1 aliphatic heterocycles. The first-order valence-electron chi connectivity index (χ1n) is 5.90. The summed E-state index contributed by atoms with van der Waals surface area (Å²) in [6.07, 6.45) is 5.78. The second-order valence-corrected chi connectivity index (χ2v) is 5.40. The highest BCUT2D eigenvalue weighted by molar-refractivity contribution is 14.0. The van der Waals surface area contributed by atoms with Crippen LogP contribution in [0.2, 0.25) is 0 Å². The molecule has 0 aromatic carbocycles. The highest BCUT2D eigenvalue weighted by atomic mass is 127. The summed E-state index contributed by atoms with van der Waals surface area (Å²) in [6.45, 7) is 4.67. The number of rotatable bonds is 6. The molecule has 0 radical (unpaired) electrons. The first kappa shape index (κ1) is 17.3. The van der Waals surface area contributed by atoms with Crippen molar-refractivity contribution in [2.45, 2.75) is 37.5 Å². The van der Waals surface area contributed by atoms with Crippen molar-refractivity contribution in [3.8, 4) is 0 Å². The molecule has 0 aromatic rings. The van der Waals surface area contributed by atoms with Gasteiger partial charge in [0.25, 0.3) is 0 Å². The molecule has 17 heavy (non-hydrogen) atoms. The predicted octanol–water partition coefficient (Wildman–Crippen LogP) is 1.83. The van der Waals surface area contributed by atoms with Gasteiger partial charge in [0.2, 0.25) is 0 Å². The maximum atomic E-state index is 5.76. The van der Waals surface area contributed by atoms with Crippen LogP contribution in [0.1, 0.15) is 26.2 Å². The standard InChI is InChI=1S/C11H23N3OS.HI/c1-9(16-2)5-6-13-11(12)14-8-10-4-3-7-15-10;/h9-10H,3-8H2,1-2H3,(H3,12,13,14);1H. The minimum atomic E-state index is 0. The van der Waals surface area contributed by atoms with Crippen molar-refractivity contribution in [1.82, 2.24) is 5.32 Å². The van der Waals surface area contributed by atoms with Crippen LogP contribution in [0.3, 0.4) is 0 Å². The van der Waals surface area contributed by atoms with Crippen molar-refractivity contribution in [3.63, 3.8) is 0 Å². The third-order valence-corrected chi connectivity index (χ3v) is 3.79. The van der Waals surface area contributed by atoms with E-state index in [0.717, 1.165) is 32.4 Å². The second kappa shape index (κ2) is 10.3. The van der Waals surface area contributed by atoms with Gasteiger partial charge in [0.1, 0.15) is 0 Å². The van der Waals surface area contributed by atoms with Gasteiger partial charge < -0.3 is 15.8 Å². The van der Waals surface area contributed by atoms with Crippen molar-refractivity contribution < 1.29 is 4.74 Å². The topological polar surface area (TPSA) is 59.6 Å². The molecule has 0 aromatic heterocycles. The smallest absolute Gasteiger partial charge is 0.188 e. The fourth-order valence-corrected chi connectivity index (χ4v) is 1.92. The Morgan fingerprint density at radius 3 is 3.00 bits per heavy atom. The Morgan fingerprint density at radius 1 is 1.65 bits per heavy atom. The van der Waals surface area contributed by atoms with Gasteiger partial charge in [-0.1, -0.05) is 6.92 Å². The zero-order chi connectivity index (χ0) is 11.8. The van der Waals surface area contributed by atoms with Gasteiger partial charge in [0, 0.05) is 18.4 Å². The molecular weight excluding hydrogens is 349 g/mol. The number of ether oxygens (including phenoxy) is 1. The van der Waals surface area contributed by atoms with E-state index in [1.54, 1.807) is 0 Å². The molecule has 1 fully saturated rings. The van der Waals surface area contributed by atoms with Gasteiger partial charge in [-0.3, -0.25) is 4.99 Å². The molecular formula is C11H24IN3OS. The minimum absolute atomic E-state index is 0. The maximum Gasteiger partial charge on any atom is 0.188 e. The van der Waals surface area contributed by atoms with E-state index in [1.807, 2.05) is 11.8 Å². The van der Waals surface area contributed by atoms with Crippen molar-refractivity contribution in [1.29, 1.82) is 0 Å². The van der Waals surface area contributed by atoms with Crippen LogP contribution >= 0.6 is 35.7 Å². The average Bonchev–Trinajstić information content (AvgIpc) is 2.79. The van der Waals surface area contributed by atoms with E-state index < -0.39 is 0 Å². The lowest BCUT2D eigenvalue weighted by molar-refractivity contribution is 0.118. The Hall–Kier alpha value is 0.310. The number of aliphatic imine (C=N–C) groups is 1. The lowest BCUT2D eigenvalue weighted by Gasteiger charge is -2.10. The molecule has 1 aliphatic rings. The number of nitrogens with one attached hydrogen (secondary N) is 1. The van der Waals surface area contributed by atoms with Gasteiger partial charge in [-0.2, -0.15) is 11.8 Å². The van der Waals surface area contributed by atoms with Crippen LogP contribution in [-0.2, 0) is 4.74 Å². The van der Waals surface area contributed by atoms with Gasteiger partial charge in [-0.15, -0.1) is 24.0 Å². The molecule has 0 amide bonds. The Morgan fingerprint density at radius 2 is 2.41 bits per heavy atom. The van der Waals surface area contributed by atoms with Gasteiger partial charge in [-0.25, -0.2) is 0 Å². The average molecular weight is 373 g/mol. The minimum Gasteiger partial charge on any atom is -0.376 e. The zero-order valence-electron chi connectivity index (χ0n) is 10.6. The molecule has 102 valence electrons. The van der Waals surface area contributed by atoms with Gasteiger partial charge in [-0.05, 0) is 25.5 Å². The van der Waals surface area contributed by atoms with E-state index in [0.29, 0.717) is 17.8 Å². The van der Waals surface area contributed by atoms with E-state index >= 15 is 0 Å². The van der Waals surface area contributed by atoms with Crippen LogP contribution in [0.25, 0.3) is 0 Å². The fourth-order valence-electron chi connectivity index (χ4n) is 1.57. The number of hydrogen-bond donors (Lipinski definition) is 2. The monoisotopic (exact) mass is 373 g/mol. The second-order valence-electron chi connectivity index (χ2n) is 4.12. The Kier molecular flexibility index (Phi) is 10.4. The molecule has 0 aliphatic carbocycles. The lowest BCUT2D eigenvalue weighted by atomic mass is 10.2. The highest BCUT2D eigenvalue weighted by Crippen LogP contribution is 2.11. The summed E-state index contributed by atoms with van der Waals surface area (Å²) < 4.78 is 5.47. The summed E-state index contributed by atoms with van der Waals surface area (Å²) in [5, 5.41) is 3.80. The summed E-state index contributed by atoms with van der Waals surface area (Å²) in [5.41, 5.74) is 5.76. The summed E-state index contributed by atoms with van der Waals surface area (Å²) >= 11 is 1.87.